The summed E-state index contributed by atoms with van der Waals surface area (Å²) in [6, 6.07) is 3.46. The van der Waals surface area contributed by atoms with Crippen molar-refractivity contribution in [2.45, 2.75) is 25.3 Å². The summed E-state index contributed by atoms with van der Waals surface area (Å²) < 4.78 is 5.35. The molecule has 0 bridgehead atoms. The minimum Gasteiger partial charge on any atom is -0.353 e. The van der Waals surface area contributed by atoms with E-state index < -0.39 is 0 Å². The van der Waals surface area contributed by atoms with E-state index in [1.54, 1.807) is 12.4 Å². The second kappa shape index (κ2) is 6.08. The van der Waals surface area contributed by atoms with Gasteiger partial charge in [0, 0.05) is 37.6 Å². The normalized spacial score (nSPS) is 22.1. The number of nitrogens with one attached hydrogen (secondary N) is 1. The molecular formula is C16H19N5O2. The second-order valence-corrected chi connectivity index (χ2v) is 6.20. The number of hydrogen-bond acceptors (Lipinski definition) is 6. The van der Waals surface area contributed by atoms with E-state index in [1.807, 2.05) is 12.1 Å². The summed E-state index contributed by atoms with van der Waals surface area (Å²) in [4.78, 5) is 22.9. The van der Waals surface area contributed by atoms with E-state index in [-0.39, 0.29) is 11.9 Å². The van der Waals surface area contributed by atoms with Crippen LogP contribution in [0.3, 0.4) is 0 Å². The van der Waals surface area contributed by atoms with Gasteiger partial charge in [-0.1, -0.05) is 5.16 Å². The number of carbonyl (C=O) groups is 1. The Bertz CT molecular complexity index is 683. The van der Waals surface area contributed by atoms with Gasteiger partial charge in [0.25, 0.3) is 0 Å². The Morgan fingerprint density at radius 1 is 1.30 bits per heavy atom. The zero-order chi connectivity index (χ0) is 15.6. The highest BCUT2D eigenvalue weighted by atomic mass is 16.5. The first-order valence-electron chi connectivity index (χ1n) is 8.04. The zero-order valence-corrected chi connectivity index (χ0v) is 12.8. The smallest absolute Gasteiger partial charge is 0.237 e. The zero-order valence-electron chi connectivity index (χ0n) is 12.8. The Morgan fingerprint density at radius 3 is 2.91 bits per heavy atom. The molecule has 0 spiro atoms. The summed E-state index contributed by atoms with van der Waals surface area (Å²) in [5.74, 6) is 1.84. The molecule has 7 nitrogen and oxygen atoms in total. The van der Waals surface area contributed by atoms with Gasteiger partial charge in [-0.25, -0.2) is 0 Å². The van der Waals surface area contributed by atoms with Crippen molar-refractivity contribution in [2.75, 3.05) is 19.6 Å². The van der Waals surface area contributed by atoms with E-state index in [1.165, 1.54) is 12.8 Å². The first-order valence-corrected chi connectivity index (χ1v) is 8.04. The molecule has 1 amide bonds. The Hall–Kier alpha value is -2.28. The lowest BCUT2D eigenvalue weighted by atomic mass is 10.1. The second-order valence-electron chi connectivity index (χ2n) is 6.20. The maximum atomic E-state index is 12.2. The van der Waals surface area contributed by atoms with Crippen LogP contribution in [0.25, 0.3) is 11.4 Å². The summed E-state index contributed by atoms with van der Waals surface area (Å²) in [5.41, 5.74) is 0.859. The lowest BCUT2D eigenvalue weighted by Gasteiger charge is -2.34. The van der Waals surface area contributed by atoms with Gasteiger partial charge in [0.15, 0.2) is 0 Å². The number of nitrogens with zero attached hydrogens (tertiary/aromatic N) is 4. The first kappa shape index (κ1) is 14.3. The van der Waals surface area contributed by atoms with Crippen LogP contribution in [-0.2, 0) is 11.2 Å². The third-order valence-corrected chi connectivity index (χ3v) is 4.41. The SMILES string of the molecule is O=C1NCCN(CC2CC2)C1Cc1nc(-c2ccncc2)no1. The van der Waals surface area contributed by atoms with E-state index >= 15 is 0 Å². The van der Waals surface area contributed by atoms with Crippen molar-refractivity contribution in [3.63, 3.8) is 0 Å². The molecule has 3 heterocycles. The summed E-state index contributed by atoms with van der Waals surface area (Å²) in [6.45, 7) is 2.59. The molecule has 2 aromatic rings. The van der Waals surface area contributed by atoms with Crippen molar-refractivity contribution < 1.29 is 9.32 Å². The molecule has 4 rings (SSSR count). The van der Waals surface area contributed by atoms with Crippen LogP contribution in [0.4, 0.5) is 0 Å². The molecule has 7 heteroatoms. The molecule has 2 aliphatic rings. The summed E-state index contributed by atoms with van der Waals surface area (Å²) >= 11 is 0. The van der Waals surface area contributed by atoms with Crippen LogP contribution >= 0.6 is 0 Å². The van der Waals surface area contributed by atoms with Crippen molar-refractivity contribution in [3.05, 3.63) is 30.4 Å². The van der Waals surface area contributed by atoms with E-state index in [2.05, 4.69) is 25.3 Å². The summed E-state index contributed by atoms with van der Waals surface area (Å²) in [7, 11) is 0. The minimum atomic E-state index is -0.213. The largest absolute Gasteiger partial charge is 0.353 e. The molecule has 1 saturated heterocycles. The Kier molecular flexibility index (Phi) is 3.78. The fourth-order valence-corrected chi connectivity index (χ4v) is 2.96. The first-order chi connectivity index (χ1) is 11.3. The standard InChI is InChI=1S/C16H19N5O2/c22-16-13(21(8-7-18-16)10-11-1-2-11)9-14-19-15(20-23-14)12-3-5-17-6-4-12/h3-6,11,13H,1-2,7-10H2,(H,18,22). The molecular weight excluding hydrogens is 294 g/mol. The monoisotopic (exact) mass is 313 g/mol. The fraction of sp³-hybridized carbons (Fsp3) is 0.500. The van der Waals surface area contributed by atoms with Crippen molar-refractivity contribution in [1.29, 1.82) is 0 Å². The molecule has 0 radical (unpaired) electrons. The number of carbonyl (C=O) groups excluding carboxylic acids is 1. The van der Waals surface area contributed by atoms with E-state index in [0.29, 0.717) is 24.7 Å². The fourth-order valence-electron chi connectivity index (χ4n) is 2.96. The van der Waals surface area contributed by atoms with Crippen LogP contribution in [0.2, 0.25) is 0 Å². The number of rotatable bonds is 5. The number of aromatic nitrogens is 3. The lowest BCUT2D eigenvalue weighted by molar-refractivity contribution is -0.129. The highest BCUT2D eigenvalue weighted by molar-refractivity contribution is 5.82. The van der Waals surface area contributed by atoms with Crippen LogP contribution in [0.1, 0.15) is 18.7 Å². The van der Waals surface area contributed by atoms with Crippen molar-refractivity contribution >= 4 is 5.91 Å². The average molecular weight is 313 g/mol. The Balaban J connectivity index is 1.49. The number of pyridine rings is 1. The molecule has 1 atom stereocenters. The Labute approximate surface area is 134 Å². The van der Waals surface area contributed by atoms with Crippen LogP contribution in [0.5, 0.6) is 0 Å². The Morgan fingerprint density at radius 2 is 2.13 bits per heavy atom. The summed E-state index contributed by atoms with van der Waals surface area (Å²) in [6.07, 6.45) is 6.39. The van der Waals surface area contributed by atoms with Gasteiger partial charge in [-0.05, 0) is 30.9 Å². The van der Waals surface area contributed by atoms with Crippen LogP contribution < -0.4 is 5.32 Å². The van der Waals surface area contributed by atoms with Crippen LogP contribution in [-0.4, -0.2) is 51.6 Å². The predicted octanol–water partition coefficient (Wildman–Crippen LogP) is 0.884. The molecule has 1 N–H and O–H groups in total. The van der Waals surface area contributed by atoms with Gasteiger partial charge in [0.1, 0.15) is 0 Å². The van der Waals surface area contributed by atoms with Gasteiger partial charge < -0.3 is 9.84 Å². The van der Waals surface area contributed by atoms with Gasteiger partial charge in [-0.2, -0.15) is 4.98 Å². The third kappa shape index (κ3) is 3.24. The quantitative estimate of drug-likeness (QED) is 0.882. The molecule has 0 aromatic carbocycles. The molecule has 2 aromatic heterocycles. The lowest BCUT2D eigenvalue weighted by Crippen LogP contribution is -2.56. The molecule has 1 saturated carbocycles. The van der Waals surface area contributed by atoms with Gasteiger partial charge in [-0.15, -0.1) is 0 Å². The van der Waals surface area contributed by atoms with Crippen molar-refractivity contribution in [1.82, 2.24) is 25.3 Å². The summed E-state index contributed by atoms with van der Waals surface area (Å²) in [5, 5.41) is 6.95. The predicted molar refractivity (Wildman–Crippen MR) is 82.3 cm³/mol. The third-order valence-electron chi connectivity index (χ3n) is 4.41. The number of amides is 1. The maximum Gasteiger partial charge on any atom is 0.237 e. The molecule has 1 aliphatic carbocycles. The number of hydrogen-bond donors (Lipinski definition) is 1. The maximum absolute atomic E-state index is 12.2. The van der Waals surface area contributed by atoms with E-state index in [0.717, 1.165) is 24.6 Å². The van der Waals surface area contributed by atoms with Crippen LogP contribution in [0.15, 0.2) is 29.0 Å². The molecule has 23 heavy (non-hydrogen) atoms. The molecule has 1 aliphatic heterocycles. The molecule has 120 valence electrons. The molecule has 1 unspecified atom stereocenters. The van der Waals surface area contributed by atoms with Crippen LogP contribution in [0, 0.1) is 5.92 Å². The van der Waals surface area contributed by atoms with E-state index in [9.17, 15) is 4.79 Å². The van der Waals surface area contributed by atoms with Crippen molar-refractivity contribution in [3.8, 4) is 11.4 Å². The average Bonchev–Trinajstić information content (AvgIpc) is 3.27. The highest BCUT2D eigenvalue weighted by Gasteiger charge is 2.35. The number of piperazine rings is 1. The van der Waals surface area contributed by atoms with E-state index in [4.69, 9.17) is 4.52 Å². The van der Waals surface area contributed by atoms with Crippen molar-refractivity contribution in [2.24, 2.45) is 5.92 Å². The highest BCUT2D eigenvalue weighted by Crippen LogP contribution is 2.31. The molecule has 2 fully saturated rings. The topological polar surface area (TPSA) is 84.2 Å². The minimum absolute atomic E-state index is 0.0561. The van der Waals surface area contributed by atoms with Gasteiger partial charge >= 0.3 is 0 Å². The van der Waals surface area contributed by atoms with Gasteiger partial charge in [0.2, 0.25) is 17.6 Å². The van der Waals surface area contributed by atoms with Gasteiger partial charge in [-0.3, -0.25) is 14.7 Å². The van der Waals surface area contributed by atoms with Gasteiger partial charge in [0.05, 0.1) is 12.5 Å².